The normalized spacial score (nSPS) is 20.8. The monoisotopic (exact) mass is 269 g/mol. The second-order valence-electron chi connectivity index (χ2n) is 5.87. The van der Waals surface area contributed by atoms with Crippen molar-refractivity contribution >= 4 is 5.91 Å². The Bertz CT molecular complexity index is 264. The van der Waals surface area contributed by atoms with Gasteiger partial charge in [0, 0.05) is 25.7 Å². The summed E-state index contributed by atoms with van der Waals surface area (Å²) < 4.78 is 0. The highest BCUT2D eigenvalue weighted by atomic mass is 16.2. The van der Waals surface area contributed by atoms with E-state index in [4.69, 9.17) is 0 Å². The Labute approximate surface area is 118 Å². The van der Waals surface area contributed by atoms with Crippen molar-refractivity contribution in [3.8, 4) is 0 Å². The molecule has 1 aliphatic rings. The van der Waals surface area contributed by atoms with Crippen LogP contribution < -0.4 is 5.32 Å². The number of nitrogens with zero attached hydrogens (tertiary/aromatic N) is 2. The van der Waals surface area contributed by atoms with Gasteiger partial charge < -0.3 is 10.2 Å². The maximum Gasteiger partial charge on any atom is 0.236 e. The average Bonchev–Trinajstić information content (AvgIpc) is 2.38. The van der Waals surface area contributed by atoms with E-state index >= 15 is 0 Å². The molecule has 1 fully saturated rings. The highest BCUT2D eigenvalue weighted by Gasteiger charge is 2.22. The molecule has 0 aliphatic carbocycles. The number of likely N-dealkylation sites (N-methyl/N-ethyl adjacent to an activating group) is 1. The molecule has 112 valence electrons. The van der Waals surface area contributed by atoms with Gasteiger partial charge in [-0.3, -0.25) is 9.69 Å². The molecule has 1 amide bonds. The third kappa shape index (κ3) is 5.91. The number of rotatable bonds is 7. The Morgan fingerprint density at radius 2 is 2.05 bits per heavy atom. The molecule has 0 aromatic carbocycles. The smallest absolute Gasteiger partial charge is 0.236 e. The van der Waals surface area contributed by atoms with E-state index in [2.05, 4.69) is 24.1 Å². The van der Waals surface area contributed by atoms with Crippen molar-refractivity contribution in [1.82, 2.24) is 15.1 Å². The molecule has 0 aromatic rings. The Balaban J connectivity index is 2.35. The lowest BCUT2D eigenvalue weighted by atomic mass is 9.97. The van der Waals surface area contributed by atoms with Gasteiger partial charge >= 0.3 is 0 Å². The van der Waals surface area contributed by atoms with Gasteiger partial charge in [0.05, 0.1) is 6.54 Å². The summed E-state index contributed by atoms with van der Waals surface area (Å²) in [7, 11) is 0. The minimum atomic E-state index is 0.280. The number of carbonyl (C=O) groups is 1. The van der Waals surface area contributed by atoms with Crippen LogP contribution in [0.5, 0.6) is 0 Å². The van der Waals surface area contributed by atoms with Gasteiger partial charge in [-0.2, -0.15) is 0 Å². The summed E-state index contributed by atoms with van der Waals surface area (Å²) in [5, 5.41) is 3.51. The summed E-state index contributed by atoms with van der Waals surface area (Å²) in [6.07, 6.45) is 2.51. The third-order valence-corrected chi connectivity index (χ3v) is 3.89. The van der Waals surface area contributed by atoms with Crippen LogP contribution in [0.1, 0.15) is 40.5 Å². The summed E-state index contributed by atoms with van der Waals surface area (Å²) in [4.78, 5) is 16.4. The van der Waals surface area contributed by atoms with Crippen LogP contribution in [0.25, 0.3) is 0 Å². The zero-order valence-electron chi connectivity index (χ0n) is 13.1. The van der Waals surface area contributed by atoms with E-state index in [9.17, 15) is 4.79 Å². The number of hydrogen-bond acceptors (Lipinski definition) is 3. The van der Waals surface area contributed by atoms with E-state index in [0.29, 0.717) is 18.5 Å². The fourth-order valence-electron chi connectivity index (χ4n) is 2.73. The first-order valence-corrected chi connectivity index (χ1v) is 7.80. The van der Waals surface area contributed by atoms with Crippen molar-refractivity contribution in [1.29, 1.82) is 0 Å². The van der Waals surface area contributed by atoms with E-state index < -0.39 is 0 Å². The lowest BCUT2D eigenvalue weighted by Gasteiger charge is -2.34. The Morgan fingerprint density at radius 3 is 2.63 bits per heavy atom. The summed E-state index contributed by atoms with van der Waals surface area (Å²) in [5.41, 5.74) is 0. The molecule has 1 unspecified atom stereocenters. The standard InChI is InChI=1S/C15H31N3O/c1-5-18(6-2)15(19)12-17-9-7-8-14(11-17)10-16-13(3)4/h13-14,16H,5-12H2,1-4H3. The topological polar surface area (TPSA) is 35.6 Å². The molecule has 0 spiro atoms. The van der Waals surface area contributed by atoms with Gasteiger partial charge in [0.2, 0.25) is 5.91 Å². The summed E-state index contributed by atoms with van der Waals surface area (Å²) in [5.74, 6) is 0.975. The van der Waals surface area contributed by atoms with Crippen molar-refractivity contribution in [2.45, 2.75) is 46.6 Å². The quantitative estimate of drug-likeness (QED) is 0.762. The van der Waals surface area contributed by atoms with E-state index in [-0.39, 0.29) is 5.91 Å². The van der Waals surface area contributed by atoms with Gasteiger partial charge in [0.25, 0.3) is 0 Å². The minimum absolute atomic E-state index is 0.280. The second kappa shape index (κ2) is 8.54. The summed E-state index contributed by atoms with van der Waals surface area (Å²) >= 11 is 0. The van der Waals surface area contributed by atoms with E-state index in [0.717, 1.165) is 32.7 Å². The second-order valence-corrected chi connectivity index (χ2v) is 5.87. The van der Waals surface area contributed by atoms with Crippen LogP contribution in [0.2, 0.25) is 0 Å². The molecule has 0 radical (unpaired) electrons. The van der Waals surface area contributed by atoms with E-state index in [1.165, 1.54) is 12.8 Å². The lowest BCUT2D eigenvalue weighted by Crippen LogP contribution is -2.46. The largest absolute Gasteiger partial charge is 0.342 e. The number of piperidine rings is 1. The van der Waals surface area contributed by atoms with Crippen molar-refractivity contribution < 1.29 is 4.79 Å². The van der Waals surface area contributed by atoms with Gasteiger partial charge in [-0.05, 0) is 45.7 Å². The molecule has 1 N–H and O–H groups in total. The molecule has 1 saturated heterocycles. The molecule has 0 aromatic heterocycles. The van der Waals surface area contributed by atoms with Crippen LogP contribution in [-0.2, 0) is 4.79 Å². The zero-order valence-corrected chi connectivity index (χ0v) is 13.1. The maximum atomic E-state index is 12.1. The number of hydrogen-bond donors (Lipinski definition) is 1. The van der Waals surface area contributed by atoms with E-state index in [1.807, 2.05) is 18.7 Å². The van der Waals surface area contributed by atoms with Crippen LogP contribution in [0.4, 0.5) is 0 Å². The van der Waals surface area contributed by atoms with Gasteiger partial charge in [-0.25, -0.2) is 0 Å². The molecule has 1 heterocycles. The van der Waals surface area contributed by atoms with Crippen molar-refractivity contribution in [3.05, 3.63) is 0 Å². The first-order chi connectivity index (χ1) is 9.06. The molecule has 1 aliphatic heterocycles. The minimum Gasteiger partial charge on any atom is -0.342 e. The lowest BCUT2D eigenvalue weighted by molar-refractivity contribution is -0.132. The maximum absolute atomic E-state index is 12.1. The van der Waals surface area contributed by atoms with Gasteiger partial charge in [-0.1, -0.05) is 13.8 Å². The van der Waals surface area contributed by atoms with Crippen LogP contribution in [0.15, 0.2) is 0 Å². The predicted molar refractivity (Wildman–Crippen MR) is 80.2 cm³/mol. The first-order valence-electron chi connectivity index (χ1n) is 7.80. The number of nitrogens with one attached hydrogen (secondary N) is 1. The molecular weight excluding hydrogens is 238 g/mol. The van der Waals surface area contributed by atoms with Crippen molar-refractivity contribution in [2.24, 2.45) is 5.92 Å². The van der Waals surface area contributed by atoms with Gasteiger partial charge in [0.1, 0.15) is 0 Å². The Kier molecular flexibility index (Phi) is 7.39. The van der Waals surface area contributed by atoms with Crippen LogP contribution in [0, 0.1) is 5.92 Å². The molecule has 4 nitrogen and oxygen atoms in total. The zero-order chi connectivity index (χ0) is 14.3. The predicted octanol–water partition coefficient (Wildman–Crippen LogP) is 1.56. The van der Waals surface area contributed by atoms with Crippen molar-refractivity contribution in [3.63, 3.8) is 0 Å². The highest BCUT2D eigenvalue weighted by molar-refractivity contribution is 5.78. The van der Waals surface area contributed by atoms with Crippen LogP contribution in [0.3, 0.4) is 0 Å². The first kappa shape index (κ1) is 16.4. The molecule has 0 saturated carbocycles. The molecule has 4 heteroatoms. The van der Waals surface area contributed by atoms with Gasteiger partial charge in [-0.15, -0.1) is 0 Å². The fraction of sp³-hybridized carbons (Fsp3) is 0.933. The third-order valence-electron chi connectivity index (χ3n) is 3.89. The number of likely N-dealkylation sites (tertiary alicyclic amines) is 1. The van der Waals surface area contributed by atoms with Crippen LogP contribution >= 0.6 is 0 Å². The average molecular weight is 269 g/mol. The van der Waals surface area contributed by atoms with E-state index in [1.54, 1.807) is 0 Å². The van der Waals surface area contributed by atoms with Crippen LogP contribution in [-0.4, -0.2) is 61.0 Å². The van der Waals surface area contributed by atoms with Crippen molar-refractivity contribution in [2.75, 3.05) is 39.3 Å². The summed E-state index contributed by atoms with van der Waals surface area (Å²) in [6, 6.07) is 0.549. The Morgan fingerprint density at radius 1 is 1.37 bits per heavy atom. The highest BCUT2D eigenvalue weighted by Crippen LogP contribution is 2.15. The molecular formula is C15H31N3O. The molecule has 19 heavy (non-hydrogen) atoms. The number of carbonyl (C=O) groups excluding carboxylic acids is 1. The Hall–Kier alpha value is -0.610. The van der Waals surface area contributed by atoms with Gasteiger partial charge in [0.15, 0.2) is 0 Å². The fourth-order valence-corrected chi connectivity index (χ4v) is 2.73. The molecule has 1 atom stereocenters. The summed E-state index contributed by atoms with van der Waals surface area (Å²) in [6.45, 7) is 13.9. The molecule has 0 bridgehead atoms. The SMILES string of the molecule is CCN(CC)C(=O)CN1CCCC(CNC(C)C)C1. The molecule has 1 rings (SSSR count). The number of amides is 1.